The van der Waals surface area contributed by atoms with Gasteiger partial charge >= 0.3 is 0 Å². The van der Waals surface area contributed by atoms with Crippen LogP contribution in [-0.4, -0.2) is 34.4 Å². The molecule has 0 aliphatic carbocycles. The molecular weight excluding hydrogens is 448 g/mol. The number of rotatable bonds is 10. The lowest BCUT2D eigenvalue weighted by atomic mass is 10.1. The van der Waals surface area contributed by atoms with Crippen LogP contribution in [0.1, 0.15) is 40.2 Å². The molecule has 1 N–H and O–H groups in total. The first kappa shape index (κ1) is 23.8. The fourth-order valence-electron chi connectivity index (χ4n) is 3.67. The highest BCUT2D eigenvalue weighted by molar-refractivity contribution is 7.98. The molecule has 4 aromatic rings. The second kappa shape index (κ2) is 11.2. The second-order valence-corrected chi connectivity index (χ2v) is 9.00. The molecule has 2 heterocycles. The minimum absolute atomic E-state index is 0.0469. The van der Waals surface area contributed by atoms with Gasteiger partial charge in [-0.15, -0.1) is 10.2 Å². The quantitative estimate of drug-likeness (QED) is 0.314. The molecule has 34 heavy (non-hydrogen) atoms. The van der Waals surface area contributed by atoms with Gasteiger partial charge in [0.15, 0.2) is 11.0 Å². The predicted molar refractivity (Wildman–Crippen MR) is 133 cm³/mol. The summed E-state index contributed by atoms with van der Waals surface area (Å²) in [5.41, 5.74) is 3.76. The third kappa shape index (κ3) is 5.58. The molecule has 0 bridgehead atoms. The maximum atomic E-state index is 12.8. The first-order chi connectivity index (χ1) is 16.6. The smallest absolute Gasteiger partial charge is 0.251 e. The van der Waals surface area contributed by atoms with E-state index in [0.717, 1.165) is 22.1 Å². The molecule has 0 saturated heterocycles. The van der Waals surface area contributed by atoms with E-state index in [1.807, 2.05) is 30.3 Å². The van der Waals surface area contributed by atoms with Crippen LogP contribution in [0.5, 0.6) is 0 Å². The van der Waals surface area contributed by atoms with Gasteiger partial charge in [0.2, 0.25) is 0 Å². The summed E-state index contributed by atoms with van der Waals surface area (Å²) in [5.74, 6) is 1.96. The lowest BCUT2D eigenvalue weighted by Crippen LogP contribution is -2.23. The highest BCUT2D eigenvalue weighted by atomic mass is 32.2. The van der Waals surface area contributed by atoms with Gasteiger partial charge in [0.25, 0.3) is 5.91 Å². The molecule has 1 atom stereocenters. The SMILES string of the molecule is COC[C@@H](C)n1c(SCc2ccccc2C(=O)NCc2ccco2)nnc1-c1ccc(C)cc1. The third-order valence-electron chi connectivity index (χ3n) is 5.44. The predicted octanol–water partition coefficient (Wildman–Crippen LogP) is 5.28. The Bertz CT molecular complexity index is 1220. The van der Waals surface area contributed by atoms with Gasteiger partial charge in [0.05, 0.1) is 25.5 Å². The molecule has 7 nitrogen and oxygen atoms in total. The molecule has 176 valence electrons. The Labute approximate surface area is 203 Å². The van der Waals surface area contributed by atoms with E-state index < -0.39 is 0 Å². The summed E-state index contributed by atoms with van der Waals surface area (Å²) in [5, 5.41) is 12.7. The van der Waals surface area contributed by atoms with Crippen LogP contribution in [0.3, 0.4) is 0 Å². The number of ether oxygens (including phenoxy) is 1. The molecule has 0 aliphatic heterocycles. The number of amides is 1. The molecular formula is C26H28N4O3S. The summed E-state index contributed by atoms with van der Waals surface area (Å²) >= 11 is 1.56. The van der Waals surface area contributed by atoms with E-state index in [1.54, 1.807) is 31.2 Å². The van der Waals surface area contributed by atoms with E-state index in [4.69, 9.17) is 9.15 Å². The van der Waals surface area contributed by atoms with Crippen molar-refractivity contribution in [1.29, 1.82) is 0 Å². The minimum atomic E-state index is -0.137. The van der Waals surface area contributed by atoms with E-state index in [1.165, 1.54) is 5.56 Å². The number of benzene rings is 2. The Hall–Kier alpha value is -3.36. The summed E-state index contributed by atoms with van der Waals surface area (Å²) in [7, 11) is 1.69. The molecule has 0 unspecified atom stereocenters. The Kier molecular flexibility index (Phi) is 7.82. The molecule has 8 heteroatoms. The van der Waals surface area contributed by atoms with Crippen LogP contribution in [0.25, 0.3) is 11.4 Å². The molecule has 0 aliphatic rings. The van der Waals surface area contributed by atoms with Gasteiger partial charge < -0.3 is 14.5 Å². The highest BCUT2D eigenvalue weighted by Gasteiger charge is 2.20. The summed E-state index contributed by atoms with van der Waals surface area (Å²) in [4.78, 5) is 12.8. The number of aromatic nitrogens is 3. The summed E-state index contributed by atoms with van der Waals surface area (Å²) in [6.07, 6.45) is 1.59. The van der Waals surface area contributed by atoms with Crippen LogP contribution in [0.2, 0.25) is 0 Å². The molecule has 0 saturated carbocycles. The van der Waals surface area contributed by atoms with Crippen molar-refractivity contribution in [2.75, 3.05) is 13.7 Å². The number of carbonyl (C=O) groups excluding carboxylic acids is 1. The number of aryl methyl sites for hydroxylation is 1. The van der Waals surface area contributed by atoms with Crippen molar-refractivity contribution in [2.45, 2.75) is 37.3 Å². The average molecular weight is 477 g/mol. The maximum absolute atomic E-state index is 12.8. The van der Waals surface area contributed by atoms with Gasteiger partial charge in [-0.05, 0) is 37.6 Å². The van der Waals surface area contributed by atoms with Crippen molar-refractivity contribution in [1.82, 2.24) is 20.1 Å². The van der Waals surface area contributed by atoms with Gasteiger partial charge in [-0.25, -0.2) is 0 Å². The fourth-order valence-corrected chi connectivity index (χ4v) is 4.71. The van der Waals surface area contributed by atoms with Crippen molar-refractivity contribution < 1.29 is 13.9 Å². The summed E-state index contributed by atoms with van der Waals surface area (Å²) in [6.45, 7) is 5.03. The first-order valence-corrected chi connectivity index (χ1v) is 12.1. The zero-order valence-electron chi connectivity index (χ0n) is 19.5. The second-order valence-electron chi connectivity index (χ2n) is 8.05. The Balaban J connectivity index is 1.54. The van der Waals surface area contributed by atoms with Crippen LogP contribution >= 0.6 is 11.8 Å². The number of furan rings is 1. The van der Waals surface area contributed by atoms with E-state index in [-0.39, 0.29) is 11.9 Å². The van der Waals surface area contributed by atoms with Crippen molar-refractivity contribution in [3.63, 3.8) is 0 Å². The zero-order valence-corrected chi connectivity index (χ0v) is 20.3. The number of nitrogens with zero attached hydrogens (tertiary/aromatic N) is 3. The maximum Gasteiger partial charge on any atom is 0.251 e. The number of nitrogens with one attached hydrogen (secondary N) is 1. The van der Waals surface area contributed by atoms with Crippen molar-refractivity contribution in [3.05, 3.63) is 89.4 Å². The minimum Gasteiger partial charge on any atom is -0.467 e. The Morgan fingerprint density at radius 2 is 1.91 bits per heavy atom. The molecule has 1 amide bonds. The molecule has 2 aromatic carbocycles. The van der Waals surface area contributed by atoms with Crippen LogP contribution in [0.15, 0.2) is 76.5 Å². The number of hydrogen-bond acceptors (Lipinski definition) is 6. The number of methoxy groups -OCH3 is 1. The van der Waals surface area contributed by atoms with Crippen molar-refractivity contribution in [2.24, 2.45) is 0 Å². The van der Waals surface area contributed by atoms with Crippen molar-refractivity contribution in [3.8, 4) is 11.4 Å². The third-order valence-corrected chi connectivity index (χ3v) is 6.44. The number of hydrogen-bond donors (Lipinski definition) is 1. The van der Waals surface area contributed by atoms with Gasteiger partial charge in [0, 0.05) is 24.0 Å². The van der Waals surface area contributed by atoms with Gasteiger partial charge in [-0.1, -0.05) is 59.8 Å². The largest absolute Gasteiger partial charge is 0.467 e. The van der Waals surface area contributed by atoms with Crippen LogP contribution in [0.4, 0.5) is 0 Å². The highest BCUT2D eigenvalue weighted by Crippen LogP contribution is 2.30. The normalized spacial score (nSPS) is 12.0. The standard InChI is InChI=1S/C26H28N4O3S/c1-18-10-12-20(13-11-18)24-28-29-26(30(24)19(2)16-32-3)34-17-21-7-4-5-9-23(21)25(31)27-15-22-8-6-14-33-22/h4-14,19H,15-17H2,1-3H3,(H,27,31)/t19-/m1/s1. The lowest BCUT2D eigenvalue weighted by molar-refractivity contribution is 0.0947. The fraction of sp³-hybridized carbons (Fsp3) is 0.269. The molecule has 0 spiro atoms. The van der Waals surface area contributed by atoms with Gasteiger partial charge in [0.1, 0.15) is 5.76 Å². The lowest BCUT2D eigenvalue weighted by Gasteiger charge is -2.17. The van der Waals surface area contributed by atoms with E-state index in [0.29, 0.717) is 30.2 Å². The van der Waals surface area contributed by atoms with Gasteiger partial charge in [-0.3, -0.25) is 9.36 Å². The van der Waals surface area contributed by atoms with Crippen LogP contribution in [0, 0.1) is 6.92 Å². The van der Waals surface area contributed by atoms with Crippen LogP contribution in [-0.2, 0) is 17.0 Å². The van der Waals surface area contributed by atoms with Crippen LogP contribution < -0.4 is 5.32 Å². The Morgan fingerprint density at radius 1 is 1.12 bits per heavy atom. The van der Waals surface area contributed by atoms with Crippen molar-refractivity contribution >= 4 is 17.7 Å². The molecule has 0 radical (unpaired) electrons. The summed E-state index contributed by atoms with van der Waals surface area (Å²) < 4.78 is 12.8. The van der Waals surface area contributed by atoms with E-state index in [2.05, 4.69) is 58.2 Å². The first-order valence-electron chi connectivity index (χ1n) is 11.1. The Morgan fingerprint density at radius 3 is 2.65 bits per heavy atom. The monoisotopic (exact) mass is 476 g/mol. The molecule has 0 fully saturated rings. The molecule has 4 rings (SSSR count). The van der Waals surface area contributed by atoms with E-state index in [9.17, 15) is 4.79 Å². The number of thioether (sulfide) groups is 1. The van der Waals surface area contributed by atoms with E-state index >= 15 is 0 Å². The average Bonchev–Trinajstić information content (AvgIpc) is 3.52. The molecule has 2 aromatic heterocycles. The van der Waals surface area contributed by atoms with Gasteiger partial charge in [-0.2, -0.15) is 0 Å². The number of carbonyl (C=O) groups is 1. The topological polar surface area (TPSA) is 82.2 Å². The summed E-state index contributed by atoms with van der Waals surface area (Å²) in [6, 6.07) is 19.6. The zero-order chi connectivity index (χ0) is 23.9.